The third-order valence-corrected chi connectivity index (χ3v) is 4.76. The Bertz CT molecular complexity index is 568. The first-order valence-corrected chi connectivity index (χ1v) is 7.58. The summed E-state index contributed by atoms with van der Waals surface area (Å²) in [5.41, 5.74) is 7.76. The van der Waals surface area contributed by atoms with Crippen LogP contribution in [0.2, 0.25) is 0 Å². The first-order valence-electron chi connectivity index (χ1n) is 6.79. The lowest BCUT2D eigenvalue weighted by Crippen LogP contribution is -2.29. The van der Waals surface area contributed by atoms with E-state index in [9.17, 15) is 0 Å². The van der Waals surface area contributed by atoms with Crippen LogP contribution in [0.5, 0.6) is 0 Å². The minimum atomic E-state index is 0.0926. The number of halogens is 1. The van der Waals surface area contributed by atoms with E-state index in [-0.39, 0.29) is 6.04 Å². The van der Waals surface area contributed by atoms with Crippen molar-refractivity contribution >= 4 is 15.9 Å². The fourth-order valence-corrected chi connectivity index (χ4v) is 2.60. The Morgan fingerprint density at radius 3 is 2.50 bits per heavy atom. The Hall–Kier alpha value is -1.17. The van der Waals surface area contributed by atoms with Crippen molar-refractivity contribution in [2.24, 2.45) is 5.84 Å². The smallest absolute Gasteiger partial charge is 0.0522 e. The first kappa shape index (κ1) is 15.2. The van der Waals surface area contributed by atoms with Crippen molar-refractivity contribution in [2.75, 3.05) is 0 Å². The summed E-state index contributed by atoms with van der Waals surface area (Å²) in [5, 5.41) is 4.31. The zero-order chi connectivity index (χ0) is 14.7. The van der Waals surface area contributed by atoms with Crippen LogP contribution in [0.4, 0.5) is 0 Å². The number of aromatic nitrogens is 2. The van der Waals surface area contributed by atoms with Gasteiger partial charge < -0.3 is 0 Å². The van der Waals surface area contributed by atoms with Crippen LogP contribution in [-0.2, 0) is 13.0 Å². The Morgan fingerprint density at radius 2 is 2.00 bits per heavy atom. The molecule has 1 aromatic carbocycles. The molecule has 2 aromatic rings. The standard InChI is InChI=1S/C15H21BrN4/c1-4-20-9-12(8-18-20)7-14(19-17)13-5-10(2)15(16)11(3)6-13/h5-6,8-9,14,19H,4,7,17H2,1-3H3. The van der Waals surface area contributed by atoms with Crippen LogP contribution in [-0.4, -0.2) is 9.78 Å². The van der Waals surface area contributed by atoms with Crippen molar-refractivity contribution in [1.82, 2.24) is 15.2 Å². The molecule has 0 saturated heterocycles. The summed E-state index contributed by atoms with van der Waals surface area (Å²) < 4.78 is 3.09. The molecule has 3 N–H and O–H groups in total. The minimum absolute atomic E-state index is 0.0926. The summed E-state index contributed by atoms with van der Waals surface area (Å²) in [7, 11) is 0. The van der Waals surface area contributed by atoms with E-state index in [0.717, 1.165) is 17.4 Å². The predicted molar refractivity (Wildman–Crippen MR) is 85.3 cm³/mol. The summed E-state index contributed by atoms with van der Waals surface area (Å²) in [6, 6.07) is 4.44. The van der Waals surface area contributed by atoms with Gasteiger partial charge in [-0.1, -0.05) is 28.1 Å². The lowest BCUT2D eigenvalue weighted by Gasteiger charge is -2.18. The van der Waals surface area contributed by atoms with E-state index < -0.39 is 0 Å². The first-order chi connectivity index (χ1) is 9.55. The van der Waals surface area contributed by atoms with Crippen molar-refractivity contribution in [3.63, 3.8) is 0 Å². The minimum Gasteiger partial charge on any atom is -0.273 e. The van der Waals surface area contributed by atoms with Gasteiger partial charge in [0.15, 0.2) is 0 Å². The SMILES string of the molecule is CCn1cc(CC(NN)c2cc(C)c(Br)c(C)c2)cn1. The molecule has 1 aromatic heterocycles. The van der Waals surface area contributed by atoms with Crippen LogP contribution in [0.15, 0.2) is 29.0 Å². The van der Waals surface area contributed by atoms with Gasteiger partial charge in [0.05, 0.1) is 12.2 Å². The highest BCUT2D eigenvalue weighted by molar-refractivity contribution is 9.10. The molecule has 0 spiro atoms. The highest BCUT2D eigenvalue weighted by Crippen LogP contribution is 2.26. The van der Waals surface area contributed by atoms with Crippen molar-refractivity contribution in [2.45, 2.75) is 39.8 Å². The van der Waals surface area contributed by atoms with E-state index in [1.807, 2.05) is 10.9 Å². The van der Waals surface area contributed by atoms with Crippen molar-refractivity contribution < 1.29 is 0 Å². The molecule has 0 aliphatic rings. The van der Waals surface area contributed by atoms with E-state index in [2.05, 4.69) is 65.6 Å². The van der Waals surface area contributed by atoms with Crippen molar-refractivity contribution in [3.8, 4) is 0 Å². The molecule has 0 radical (unpaired) electrons. The lowest BCUT2D eigenvalue weighted by atomic mass is 9.97. The quantitative estimate of drug-likeness (QED) is 0.651. The predicted octanol–water partition coefficient (Wildman–Crippen LogP) is 3.03. The van der Waals surface area contributed by atoms with E-state index >= 15 is 0 Å². The van der Waals surface area contributed by atoms with Crippen LogP contribution < -0.4 is 11.3 Å². The number of hydrogen-bond donors (Lipinski definition) is 2. The summed E-state index contributed by atoms with van der Waals surface area (Å²) in [5.74, 6) is 5.74. The average Bonchev–Trinajstić information content (AvgIpc) is 2.89. The Morgan fingerprint density at radius 1 is 1.35 bits per heavy atom. The molecule has 1 heterocycles. The molecular formula is C15H21BrN4. The molecule has 4 nitrogen and oxygen atoms in total. The normalized spacial score (nSPS) is 12.7. The largest absolute Gasteiger partial charge is 0.273 e. The number of nitrogens with zero attached hydrogens (tertiary/aromatic N) is 2. The van der Waals surface area contributed by atoms with Crippen LogP contribution >= 0.6 is 15.9 Å². The molecule has 1 atom stereocenters. The van der Waals surface area contributed by atoms with Gasteiger partial charge in [-0.3, -0.25) is 16.0 Å². The van der Waals surface area contributed by atoms with Gasteiger partial charge >= 0.3 is 0 Å². The number of hydrogen-bond acceptors (Lipinski definition) is 3. The molecule has 0 fully saturated rings. The highest BCUT2D eigenvalue weighted by atomic mass is 79.9. The number of rotatable bonds is 5. The molecule has 108 valence electrons. The zero-order valence-corrected chi connectivity index (χ0v) is 13.7. The fraction of sp³-hybridized carbons (Fsp3) is 0.400. The van der Waals surface area contributed by atoms with Crippen molar-refractivity contribution in [3.05, 3.63) is 51.3 Å². The van der Waals surface area contributed by atoms with Gasteiger partial charge in [0.2, 0.25) is 0 Å². The van der Waals surface area contributed by atoms with E-state index in [0.29, 0.717) is 0 Å². The molecule has 0 aliphatic carbocycles. The van der Waals surface area contributed by atoms with E-state index in [1.54, 1.807) is 0 Å². The topological polar surface area (TPSA) is 55.9 Å². The number of hydrazine groups is 1. The van der Waals surface area contributed by atoms with Crippen LogP contribution in [0.1, 0.15) is 35.2 Å². The van der Waals surface area contributed by atoms with Gasteiger partial charge in [-0.25, -0.2) is 0 Å². The maximum atomic E-state index is 5.74. The summed E-state index contributed by atoms with van der Waals surface area (Å²) in [4.78, 5) is 0. The highest BCUT2D eigenvalue weighted by Gasteiger charge is 2.14. The maximum absolute atomic E-state index is 5.74. The lowest BCUT2D eigenvalue weighted by molar-refractivity contribution is 0.550. The Kier molecular flexibility index (Phi) is 4.96. The van der Waals surface area contributed by atoms with Gasteiger partial charge in [-0.05, 0) is 49.4 Å². The summed E-state index contributed by atoms with van der Waals surface area (Å²) in [6.45, 7) is 7.17. The second-order valence-electron chi connectivity index (χ2n) is 5.10. The van der Waals surface area contributed by atoms with Gasteiger partial charge in [-0.2, -0.15) is 5.10 Å². The van der Waals surface area contributed by atoms with Crippen LogP contribution in [0.25, 0.3) is 0 Å². The summed E-state index contributed by atoms with van der Waals surface area (Å²) >= 11 is 3.60. The summed E-state index contributed by atoms with van der Waals surface area (Å²) in [6.07, 6.45) is 4.81. The number of nitrogens with one attached hydrogen (secondary N) is 1. The average molecular weight is 337 g/mol. The van der Waals surface area contributed by atoms with Crippen molar-refractivity contribution in [1.29, 1.82) is 0 Å². The molecular weight excluding hydrogens is 316 g/mol. The van der Waals surface area contributed by atoms with Gasteiger partial charge in [0, 0.05) is 17.2 Å². The number of benzene rings is 1. The van der Waals surface area contributed by atoms with E-state index in [1.165, 1.54) is 22.3 Å². The molecule has 0 saturated carbocycles. The number of nitrogens with two attached hydrogens (primary N) is 1. The van der Waals surface area contributed by atoms with Crippen LogP contribution in [0, 0.1) is 13.8 Å². The van der Waals surface area contributed by atoms with Gasteiger partial charge in [0.1, 0.15) is 0 Å². The maximum Gasteiger partial charge on any atom is 0.0522 e. The molecule has 0 aliphatic heterocycles. The Balaban J connectivity index is 2.23. The molecule has 20 heavy (non-hydrogen) atoms. The molecule has 1 unspecified atom stereocenters. The van der Waals surface area contributed by atoms with E-state index in [4.69, 9.17) is 5.84 Å². The Labute approximate surface area is 128 Å². The second-order valence-corrected chi connectivity index (χ2v) is 5.89. The monoisotopic (exact) mass is 336 g/mol. The number of aryl methyl sites for hydroxylation is 3. The molecule has 0 bridgehead atoms. The molecule has 0 amide bonds. The van der Waals surface area contributed by atoms with Crippen LogP contribution in [0.3, 0.4) is 0 Å². The third-order valence-electron chi connectivity index (χ3n) is 3.51. The fourth-order valence-electron chi connectivity index (χ4n) is 2.37. The zero-order valence-electron chi connectivity index (χ0n) is 12.2. The van der Waals surface area contributed by atoms with Gasteiger partial charge in [-0.15, -0.1) is 0 Å². The molecule has 2 rings (SSSR count). The third kappa shape index (κ3) is 3.29. The molecule has 5 heteroatoms. The second kappa shape index (κ2) is 6.52. The van der Waals surface area contributed by atoms with Gasteiger partial charge in [0.25, 0.3) is 0 Å².